The van der Waals surface area contributed by atoms with Crippen molar-refractivity contribution in [1.29, 1.82) is 0 Å². The summed E-state index contributed by atoms with van der Waals surface area (Å²) in [5, 5.41) is 0. The molecule has 4 unspecified atom stereocenters. The Balaban J connectivity index is 2.50. The molecule has 0 radical (unpaired) electrons. The average molecular weight is 186 g/mol. The molecule has 0 spiro atoms. The number of halogens is 1. The zero-order valence-corrected chi connectivity index (χ0v) is 9.39. The number of hydrogen-bond donors (Lipinski definition) is 0. The first-order valence-corrected chi connectivity index (χ1v) is 5.66. The van der Waals surface area contributed by atoms with Gasteiger partial charge in [0, 0.05) is 0 Å². The van der Waals surface area contributed by atoms with Crippen LogP contribution in [0.1, 0.15) is 47.0 Å². The summed E-state index contributed by atoms with van der Waals surface area (Å²) in [5.74, 6) is 1.92. The summed E-state index contributed by atoms with van der Waals surface area (Å²) < 4.78 is 13.8. The standard InChI is InChI=1S/C12H23F/c1-8(2)12(13)11-6-5-9(3)7-10(11)4/h8-12H,5-7H2,1-4H3. The zero-order chi connectivity index (χ0) is 10.0. The minimum Gasteiger partial charge on any atom is -0.247 e. The van der Waals surface area contributed by atoms with Crippen molar-refractivity contribution in [3.8, 4) is 0 Å². The number of alkyl halides is 1. The molecule has 0 aromatic heterocycles. The lowest BCUT2D eigenvalue weighted by molar-refractivity contribution is 0.0771. The van der Waals surface area contributed by atoms with Crippen molar-refractivity contribution in [2.24, 2.45) is 23.7 Å². The SMILES string of the molecule is CC1CCC(C(F)C(C)C)C(C)C1. The fraction of sp³-hybridized carbons (Fsp3) is 1.00. The molecule has 1 saturated carbocycles. The van der Waals surface area contributed by atoms with E-state index in [1.165, 1.54) is 12.8 Å². The van der Waals surface area contributed by atoms with Crippen molar-refractivity contribution < 1.29 is 4.39 Å². The number of hydrogen-bond acceptors (Lipinski definition) is 0. The third kappa shape index (κ3) is 2.69. The Labute approximate surface area is 81.9 Å². The normalized spacial score (nSPS) is 37.8. The predicted molar refractivity (Wildman–Crippen MR) is 55.4 cm³/mol. The van der Waals surface area contributed by atoms with Crippen LogP contribution in [0.25, 0.3) is 0 Å². The van der Waals surface area contributed by atoms with Gasteiger partial charge in [-0.1, -0.05) is 34.1 Å². The van der Waals surface area contributed by atoms with Gasteiger partial charge in [0.05, 0.1) is 0 Å². The molecule has 0 aromatic rings. The maximum absolute atomic E-state index is 13.8. The van der Waals surface area contributed by atoms with E-state index >= 15 is 0 Å². The van der Waals surface area contributed by atoms with Gasteiger partial charge in [-0.25, -0.2) is 4.39 Å². The third-order valence-electron chi connectivity index (χ3n) is 3.54. The summed E-state index contributed by atoms with van der Waals surface area (Å²) in [6.07, 6.45) is 2.96. The Bertz CT molecular complexity index is 153. The summed E-state index contributed by atoms with van der Waals surface area (Å²) >= 11 is 0. The van der Waals surface area contributed by atoms with Gasteiger partial charge in [0.25, 0.3) is 0 Å². The third-order valence-corrected chi connectivity index (χ3v) is 3.54. The van der Waals surface area contributed by atoms with Crippen molar-refractivity contribution in [3.63, 3.8) is 0 Å². The van der Waals surface area contributed by atoms with Crippen molar-refractivity contribution in [1.82, 2.24) is 0 Å². The molecule has 0 aromatic carbocycles. The van der Waals surface area contributed by atoms with E-state index in [1.54, 1.807) is 0 Å². The fourth-order valence-electron chi connectivity index (χ4n) is 2.66. The van der Waals surface area contributed by atoms with Crippen molar-refractivity contribution in [2.75, 3.05) is 0 Å². The molecule has 1 rings (SSSR count). The van der Waals surface area contributed by atoms with Crippen molar-refractivity contribution >= 4 is 0 Å². The second kappa shape index (κ2) is 4.43. The lowest BCUT2D eigenvalue weighted by Gasteiger charge is -2.35. The van der Waals surface area contributed by atoms with Gasteiger partial charge < -0.3 is 0 Å². The highest BCUT2D eigenvalue weighted by Crippen LogP contribution is 2.38. The van der Waals surface area contributed by atoms with E-state index in [0.717, 1.165) is 12.3 Å². The van der Waals surface area contributed by atoms with E-state index in [9.17, 15) is 4.39 Å². The van der Waals surface area contributed by atoms with Gasteiger partial charge in [-0.3, -0.25) is 0 Å². The topological polar surface area (TPSA) is 0 Å². The Morgan fingerprint density at radius 2 is 1.77 bits per heavy atom. The van der Waals surface area contributed by atoms with Crippen LogP contribution in [0.15, 0.2) is 0 Å². The summed E-state index contributed by atoms with van der Waals surface area (Å²) in [5.41, 5.74) is 0. The molecule has 0 aliphatic heterocycles. The monoisotopic (exact) mass is 186 g/mol. The van der Waals surface area contributed by atoms with Crippen LogP contribution in [0.4, 0.5) is 4.39 Å². The molecule has 0 N–H and O–H groups in total. The van der Waals surface area contributed by atoms with Crippen LogP contribution in [0.3, 0.4) is 0 Å². The van der Waals surface area contributed by atoms with E-state index in [2.05, 4.69) is 13.8 Å². The van der Waals surface area contributed by atoms with Gasteiger partial charge in [0.2, 0.25) is 0 Å². The molecule has 13 heavy (non-hydrogen) atoms. The predicted octanol–water partition coefficient (Wildman–Crippen LogP) is 4.05. The van der Waals surface area contributed by atoms with Crippen LogP contribution in [-0.2, 0) is 0 Å². The molecule has 1 aliphatic rings. The zero-order valence-electron chi connectivity index (χ0n) is 9.39. The van der Waals surface area contributed by atoms with Crippen LogP contribution in [-0.4, -0.2) is 6.17 Å². The minimum atomic E-state index is -0.581. The number of rotatable bonds is 2. The molecule has 0 heterocycles. The van der Waals surface area contributed by atoms with Gasteiger partial charge in [0.1, 0.15) is 6.17 Å². The molecule has 1 heteroatoms. The van der Waals surface area contributed by atoms with Gasteiger partial charge in [0.15, 0.2) is 0 Å². The van der Waals surface area contributed by atoms with Crippen LogP contribution in [0, 0.1) is 23.7 Å². The highest BCUT2D eigenvalue weighted by Gasteiger charge is 2.32. The maximum Gasteiger partial charge on any atom is 0.105 e. The van der Waals surface area contributed by atoms with E-state index in [1.807, 2.05) is 13.8 Å². The first-order chi connectivity index (χ1) is 6.02. The summed E-state index contributed by atoms with van der Waals surface area (Å²) in [6.45, 7) is 8.50. The quantitative estimate of drug-likeness (QED) is 0.610. The minimum absolute atomic E-state index is 0.195. The van der Waals surface area contributed by atoms with Gasteiger partial charge in [-0.15, -0.1) is 0 Å². The summed E-state index contributed by atoms with van der Waals surface area (Å²) in [6, 6.07) is 0. The molecule has 1 aliphatic carbocycles. The molecule has 0 saturated heterocycles. The molecule has 1 fully saturated rings. The average Bonchev–Trinajstić information content (AvgIpc) is 2.03. The van der Waals surface area contributed by atoms with E-state index in [-0.39, 0.29) is 5.92 Å². The first-order valence-electron chi connectivity index (χ1n) is 5.66. The van der Waals surface area contributed by atoms with Crippen LogP contribution >= 0.6 is 0 Å². The summed E-state index contributed by atoms with van der Waals surface area (Å²) in [7, 11) is 0. The lowest BCUT2D eigenvalue weighted by atomic mass is 9.72. The van der Waals surface area contributed by atoms with E-state index in [4.69, 9.17) is 0 Å². The highest BCUT2D eigenvalue weighted by molar-refractivity contribution is 4.82. The van der Waals surface area contributed by atoms with Gasteiger partial charge >= 0.3 is 0 Å². The molecular weight excluding hydrogens is 163 g/mol. The van der Waals surface area contributed by atoms with Crippen LogP contribution in [0.2, 0.25) is 0 Å². The van der Waals surface area contributed by atoms with Crippen LogP contribution in [0.5, 0.6) is 0 Å². The largest absolute Gasteiger partial charge is 0.247 e. The first kappa shape index (κ1) is 11.0. The molecule has 0 nitrogen and oxygen atoms in total. The van der Waals surface area contributed by atoms with Gasteiger partial charge in [-0.05, 0) is 36.5 Å². The summed E-state index contributed by atoms with van der Waals surface area (Å²) in [4.78, 5) is 0. The molecular formula is C12H23F. The smallest absolute Gasteiger partial charge is 0.105 e. The Morgan fingerprint density at radius 1 is 1.15 bits per heavy atom. The van der Waals surface area contributed by atoms with Crippen LogP contribution < -0.4 is 0 Å². The van der Waals surface area contributed by atoms with Gasteiger partial charge in [-0.2, -0.15) is 0 Å². The second-order valence-corrected chi connectivity index (χ2v) is 5.25. The second-order valence-electron chi connectivity index (χ2n) is 5.25. The highest BCUT2D eigenvalue weighted by atomic mass is 19.1. The van der Waals surface area contributed by atoms with E-state index in [0.29, 0.717) is 11.8 Å². The Hall–Kier alpha value is -0.0700. The van der Waals surface area contributed by atoms with Crippen molar-refractivity contribution in [3.05, 3.63) is 0 Å². The molecule has 0 amide bonds. The molecule has 78 valence electrons. The molecule has 0 bridgehead atoms. The Morgan fingerprint density at radius 3 is 2.23 bits per heavy atom. The van der Waals surface area contributed by atoms with Crippen molar-refractivity contribution in [2.45, 2.75) is 53.1 Å². The lowest BCUT2D eigenvalue weighted by Crippen LogP contribution is -2.32. The molecule has 4 atom stereocenters. The Kier molecular flexibility index (Phi) is 3.75. The van der Waals surface area contributed by atoms with E-state index < -0.39 is 6.17 Å². The maximum atomic E-state index is 13.8. The fourth-order valence-corrected chi connectivity index (χ4v) is 2.66.